The lowest BCUT2D eigenvalue weighted by atomic mass is 9.75. The SMILES string of the molecule is N#CNC(=NCC12CC3CC(CC1C3)C2)Nc1cccc2c1OCO2. The van der Waals surface area contributed by atoms with E-state index in [1.54, 1.807) is 0 Å². The van der Waals surface area contributed by atoms with E-state index < -0.39 is 0 Å². The number of ether oxygens (including phenoxy) is 2. The van der Waals surface area contributed by atoms with E-state index in [2.05, 4.69) is 10.6 Å². The fraction of sp³-hybridized carbons (Fsp3) is 0.579. The quantitative estimate of drug-likeness (QED) is 0.383. The third-order valence-corrected chi connectivity index (χ3v) is 6.53. The van der Waals surface area contributed by atoms with Gasteiger partial charge in [0.2, 0.25) is 12.8 Å². The Morgan fingerprint density at radius 3 is 2.88 bits per heavy atom. The lowest BCUT2D eigenvalue weighted by Gasteiger charge is -2.31. The van der Waals surface area contributed by atoms with Crippen LogP contribution in [0.25, 0.3) is 0 Å². The van der Waals surface area contributed by atoms with Gasteiger partial charge in [-0.1, -0.05) is 6.07 Å². The Hall–Kier alpha value is -2.42. The van der Waals surface area contributed by atoms with Crippen molar-refractivity contribution in [2.75, 3.05) is 18.7 Å². The monoisotopic (exact) mass is 338 g/mol. The number of aliphatic imine (C=N–C) groups is 1. The van der Waals surface area contributed by atoms with Gasteiger partial charge in [0.25, 0.3) is 0 Å². The first kappa shape index (κ1) is 14.9. The molecule has 4 bridgehead atoms. The van der Waals surface area contributed by atoms with Crippen LogP contribution in [0, 0.1) is 34.6 Å². The highest BCUT2D eigenvalue weighted by Gasteiger charge is 2.57. The second-order valence-electron chi connectivity index (χ2n) is 7.97. The first-order valence-corrected chi connectivity index (χ1v) is 9.11. The Labute approximate surface area is 147 Å². The van der Waals surface area contributed by atoms with E-state index in [9.17, 15) is 0 Å². The number of nitrogens with one attached hydrogen (secondary N) is 2. The molecule has 0 amide bonds. The average molecular weight is 338 g/mol. The van der Waals surface area contributed by atoms with Gasteiger partial charge in [-0.2, -0.15) is 5.26 Å². The first-order chi connectivity index (χ1) is 12.3. The molecule has 4 saturated carbocycles. The maximum absolute atomic E-state index is 9.10. The van der Waals surface area contributed by atoms with E-state index in [4.69, 9.17) is 19.7 Å². The molecule has 0 saturated heterocycles. The van der Waals surface area contributed by atoms with Crippen molar-refractivity contribution in [2.24, 2.45) is 28.2 Å². The predicted octanol–water partition coefficient (Wildman–Crippen LogP) is 3.08. The van der Waals surface area contributed by atoms with Crippen LogP contribution in [0.15, 0.2) is 23.2 Å². The van der Waals surface area contributed by atoms with Crippen molar-refractivity contribution in [3.05, 3.63) is 18.2 Å². The van der Waals surface area contributed by atoms with Crippen LogP contribution in [0.1, 0.15) is 32.1 Å². The molecule has 1 heterocycles. The lowest BCUT2D eigenvalue weighted by molar-refractivity contribution is 0.174. The molecule has 25 heavy (non-hydrogen) atoms. The number of anilines is 1. The fourth-order valence-electron chi connectivity index (χ4n) is 5.78. The van der Waals surface area contributed by atoms with Gasteiger partial charge in [-0.25, -0.2) is 0 Å². The summed E-state index contributed by atoms with van der Waals surface area (Å²) in [5.74, 6) is 4.54. The molecule has 4 aliphatic carbocycles. The third kappa shape index (κ3) is 2.41. The minimum Gasteiger partial charge on any atom is -0.454 e. The molecule has 0 aromatic heterocycles. The van der Waals surface area contributed by atoms with Crippen molar-refractivity contribution >= 4 is 11.6 Å². The number of guanidine groups is 1. The number of benzene rings is 1. The highest BCUT2D eigenvalue weighted by Crippen LogP contribution is 2.65. The molecule has 1 aromatic carbocycles. The van der Waals surface area contributed by atoms with Gasteiger partial charge in [0, 0.05) is 6.54 Å². The molecule has 2 unspecified atom stereocenters. The van der Waals surface area contributed by atoms with Crippen molar-refractivity contribution in [1.82, 2.24) is 5.32 Å². The van der Waals surface area contributed by atoms with Crippen molar-refractivity contribution < 1.29 is 9.47 Å². The van der Waals surface area contributed by atoms with Crippen LogP contribution in [0.4, 0.5) is 5.69 Å². The van der Waals surface area contributed by atoms with Crippen LogP contribution < -0.4 is 20.1 Å². The molecule has 1 aliphatic heterocycles. The number of para-hydroxylation sites is 1. The van der Waals surface area contributed by atoms with Crippen LogP contribution in [0.5, 0.6) is 11.5 Å². The molecular weight excluding hydrogens is 316 g/mol. The molecule has 2 N–H and O–H groups in total. The Morgan fingerprint density at radius 1 is 1.24 bits per heavy atom. The molecule has 0 radical (unpaired) electrons. The molecule has 0 spiro atoms. The number of nitriles is 1. The smallest absolute Gasteiger partial charge is 0.231 e. The standard InChI is InChI=1S/C19H22N4O2/c20-10-22-18(23-15-2-1-3-16-17(15)25-11-24-16)21-9-19-7-12-4-13(8-19)6-14(19)5-12/h1-3,12-14H,4-9,11H2,(H2,21,22,23). The second kappa shape index (κ2) is 5.55. The minimum atomic E-state index is 0.222. The zero-order chi connectivity index (χ0) is 16.9. The first-order valence-electron chi connectivity index (χ1n) is 9.11. The molecule has 6 rings (SSSR count). The van der Waals surface area contributed by atoms with E-state index in [1.807, 2.05) is 24.4 Å². The van der Waals surface area contributed by atoms with Crippen molar-refractivity contribution in [2.45, 2.75) is 32.1 Å². The molecule has 130 valence electrons. The molecule has 5 aliphatic rings. The summed E-state index contributed by atoms with van der Waals surface area (Å²) in [4.78, 5) is 4.78. The Balaban J connectivity index is 1.36. The largest absolute Gasteiger partial charge is 0.454 e. The van der Waals surface area contributed by atoms with Gasteiger partial charge in [0.15, 0.2) is 17.7 Å². The van der Waals surface area contributed by atoms with Crippen molar-refractivity contribution in [1.29, 1.82) is 5.26 Å². The number of hydrogen-bond donors (Lipinski definition) is 2. The summed E-state index contributed by atoms with van der Waals surface area (Å²) in [7, 11) is 0. The second-order valence-corrected chi connectivity index (χ2v) is 7.97. The summed E-state index contributed by atoms with van der Waals surface area (Å²) in [5.41, 5.74) is 1.14. The minimum absolute atomic E-state index is 0.222. The van der Waals surface area contributed by atoms with Crippen molar-refractivity contribution in [3.8, 4) is 17.7 Å². The van der Waals surface area contributed by atoms with E-state index in [0.29, 0.717) is 22.9 Å². The average Bonchev–Trinajstić information content (AvgIpc) is 3.23. The fourth-order valence-corrected chi connectivity index (χ4v) is 5.78. The maximum Gasteiger partial charge on any atom is 0.231 e. The van der Waals surface area contributed by atoms with Gasteiger partial charge in [-0.15, -0.1) is 0 Å². The van der Waals surface area contributed by atoms with Gasteiger partial charge in [-0.3, -0.25) is 10.3 Å². The van der Waals surface area contributed by atoms with E-state index in [0.717, 1.165) is 30.0 Å². The maximum atomic E-state index is 9.10. The Kier molecular flexibility index (Phi) is 3.30. The Morgan fingerprint density at radius 2 is 2.08 bits per heavy atom. The molecule has 6 heteroatoms. The van der Waals surface area contributed by atoms with E-state index in [1.165, 1.54) is 32.1 Å². The van der Waals surface area contributed by atoms with Crippen LogP contribution in [0.3, 0.4) is 0 Å². The number of fused-ring (bicyclic) bond motifs is 1. The van der Waals surface area contributed by atoms with Crippen LogP contribution in [-0.2, 0) is 0 Å². The van der Waals surface area contributed by atoms with Crippen LogP contribution in [-0.4, -0.2) is 19.3 Å². The normalized spacial score (nSPS) is 34.2. The van der Waals surface area contributed by atoms with E-state index >= 15 is 0 Å². The third-order valence-electron chi connectivity index (χ3n) is 6.53. The van der Waals surface area contributed by atoms with Gasteiger partial charge >= 0.3 is 0 Å². The highest BCUT2D eigenvalue weighted by molar-refractivity contribution is 5.96. The molecule has 6 nitrogen and oxygen atoms in total. The number of rotatable bonds is 3. The molecule has 4 fully saturated rings. The predicted molar refractivity (Wildman–Crippen MR) is 93.2 cm³/mol. The summed E-state index contributed by atoms with van der Waals surface area (Å²) in [6.45, 7) is 1.02. The summed E-state index contributed by atoms with van der Waals surface area (Å²) in [6, 6.07) is 5.68. The molecular formula is C19H22N4O2. The summed E-state index contributed by atoms with van der Waals surface area (Å²) < 4.78 is 10.9. The zero-order valence-electron chi connectivity index (χ0n) is 14.1. The zero-order valence-corrected chi connectivity index (χ0v) is 14.1. The number of nitrogens with zero attached hydrogens (tertiary/aromatic N) is 2. The van der Waals surface area contributed by atoms with Crippen LogP contribution in [0.2, 0.25) is 0 Å². The summed E-state index contributed by atoms with van der Waals surface area (Å²) in [5, 5.41) is 15.0. The van der Waals surface area contributed by atoms with Gasteiger partial charge in [0.05, 0.1) is 5.69 Å². The summed E-state index contributed by atoms with van der Waals surface area (Å²) in [6.07, 6.45) is 8.82. The Bertz CT molecular complexity index is 755. The molecule has 1 aromatic rings. The van der Waals surface area contributed by atoms with Crippen molar-refractivity contribution in [3.63, 3.8) is 0 Å². The van der Waals surface area contributed by atoms with Gasteiger partial charge < -0.3 is 14.8 Å². The topological polar surface area (TPSA) is 78.7 Å². The van der Waals surface area contributed by atoms with E-state index in [-0.39, 0.29) is 6.79 Å². The van der Waals surface area contributed by atoms with Gasteiger partial charge in [0.1, 0.15) is 0 Å². The highest BCUT2D eigenvalue weighted by atomic mass is 16.7. The van der Waals surface area contributed by atoms with Crippen LogP contribution >= 0.6 is 0 Å². The summed E-state index contributed by atoms with van der Waals surface area (Å²) >= 11 is 0. The molecule has 2 atom stereocenters. The van der Waals surface area contributed by atoms with Gasteiger partial charge in [-0.05, 0) is 67.4 Å². The number of hydrogen-bond acceptors (Lipinski definition) is 4. The lowest BCUT2D eigenvalue weighted by Crippen LogP contribution is -2.31.